The fraction of sp³-hybridized carbons (Fsp3) is 0.692. The highest BCUT2D eigenvalue weighted by Crippen LogP contribution is 2.09. The molecule has 1 heterocycles. The molecule has 0 bridgehead atoms. The molecule has 94 valence electrons. The summed E-state index contributed by atoms with van der Waals surface area (Å²) in [6.07, 6.45) is 0.967. The van der Waals surface area contributed by atoms with E-state index in [4.69, 9.17) is 5.26 Å². The fourth-order valence-electron chi connectivity index (χ4n) is 1.85. The topological polar surface area (TPSA) is 44.9 Å². The van der Waals surface area contributed by atoms with Gasteiger partial charge in [0.25, 0.3) is 0 Å². The zero-order valence-electron chi connectivity index (χ0n) is 11.3. The van der Waals surface area contributed by atoms with Gasteiger partial charge in [-0.15, -0.1) is 0 Å². The van der Waals surface area contributed by atoms with Crippen LogP contribution in [0.5, 0.6) is 0 Å². The van der Waals surface area contributed by atoms with Gasteiger partial charge in [0.15, 0.2) is 0 Å². The molecule has 0 aliphatic carbocycles. The van der Waals surface area contributed by atoms with Gasteiger partial charge in [0.1, 0.15) is 0 Å². The number of rotatable bonds is 6. The Morgan fingerprint density at radius 3 is 2.71 bits per heavy atom. The number of nitrogens with zero attached hydrogens (tertiary/aromatic N) is 4. The van der Waals surface area contributed by atoms with Gasteiger partial charge in [-0.1, -0.05) is 13.8 Å². The molecule has 0 aliphatic heterocycles. The third kappa shape index (κ3) is 3.86. The zero-order valence-corrected chi connectivity index (χ0v) is 11.3. The number of aryl methyl sites for hydroxylation is 2. The lowest BCUT2D eigenvalue weighted by Crippen LogP contribution is -2.28. The van der Waals surface area contributed by atoms with Crippen molar-refractivity contribution in [3.63, 3.8) is 0 Å². The molecule has 0 N–H and O–H groups in total. The zero-order chi connectivity index (χ0) is 12.8. The first-order chi connectivity index (χ1) is 8.10. The van der Waals surface area contributed by atoms with Crippen LogP contribution in [0.2, 0.25) is 0 Å². The van der Waals surface area contributed by atoms with E-state index in [0.717, 1.165) is 31.7 Å². The largest absolute Gasteiger partial charge is 0.297 e. The molecule has 4 nitrogen and oxygen atoms in total. The van der Waals surface area contributed by atoms with Crippen molar-refractivity contribution in [2.75, 3.05) is 13.1 Å². The van der Waals surface area contributed by atoms with Crippen molar-refractivity contribution in [3.8, 4) is 6.07 Å². The Bertz CT molecular complexity index is 389. The highest BCUT2D eigenvalue weighted by molar-refractivity contribution is 5.10. The van der Waals surface area contributed by atoms with Gasteiger partial charge in [-0.25, -0.2) is 0 Å². The predicted octanol–water partition coefficient (Wildman–Crippen LogP) is 1.96. The monoisotopic (exact) mass is 234 g/mol. The third-order valence-electron chi connectivity index (χ3n) is 2.97. The van der Waals surface area contributed by atoms with Gasteiger partial charge in [0, 0.05) is 20.1 Å². The average Bonchev–Trinajstić information content (AvgIpc) is 2.69. The molecule has 0 spiro atoms. The second-order valence-electron chi connectivity index (χ2n) is 4.46. The van der Waals surface area contributed by atoms with E-state index in [1.165, 1.54) is 5.69 Å². The molecule has 1 aromatic rings. The molecule has 1 unspecified atom stereocenters. The molecule has 1 atom stereocenters. The van der Waals surface area contributed by atoms with E-state index in [0.29, 0.717) is 0 Å². The van der Waals surface area contributed by atoms with Crippen LogP contribution in [-0.2, 0) is 20.0 Å². The number of aromatic nitrogens is 2. The van der Waals surface area contributed by atoms with E-state index < -0.39 is 0 Å². The molecule has 4 heteroatoms. The minimum Gasteiger partial charge on any atom is -0.297 e. The van der Waals surface area contributed by atoms with Crippen LogP contribution < -0.4 is 0 Å². The Morgan fingerprint density at radius 1 is 1.53 bits per heavy atom. The summed E-state index contributed by atoms with van der Waals surface area (Å²) in [6.45, 7) is 8.84. The first-order valence-corrected chi connectivity index (χ1v) is 6.24. The Balaban J connectivity index is 2.67. The second-order valence-corrected chi connectivity index (χ2v) is 4.46. The molecule has 0 saturated heterocycles. The van der Waals surface area contributed by atoms with Gasteiger partial charge in [-0.3, -0.25) is 9.58 Å². The normalized spacial score (nSPS) is 12.7. The summed E-state index contributed by atoms with van der Waals surface area (Å²) in [4.78, 5) is 2.28. The van der Waals surface area contributed by atoms with Gasteiger partial charge >= 0.3 is 0 Å². The van der Waals surface area contributed by atoms with Crippen LogP contribution >= 0.6 is 0 Å². The van der Waals surface area contributed by atoms with E-state index in [2.05, 4.69) is 36.0 Å². The molecule has 0 radical (unpaired) electrons. The molecular weight excluding hydrogens is 212 g/mol. The van der Waals surface area contributed by atoms with E-state index in [-0.39, 0.29) is 5.92 Å². The summed E-state index contributed by atoms with van der Waals surface area (Å²) in [5, 5.41) is 13.3. The predicted molar refractivity (Wildman–Crippen MR) is 68.3 cm³/mol. The van der Waals surface area contributed by atoms with Crippen molar-refractivity contribution in [3.05, 3.63) is 17.5 Å². The van der Waals surface area contributed by atoms with Crippen molar-refractivity contribution >= 4 is 0 Å². The van der Waals surface area contributed by atoms with Gasteiger partial charge in [0.2, 0.25) is 0 Å². The standard InChI is InChI=1S/C13H22N4/c1-5-12-7-13(16(4)15-12)10-17(6-2)9-11(3)8-14/h7,11H,5-6,9-10H2,1-4H3. The van der Waals surface area contributed by atoms with Crippen LogP contribution in [0.4, 0.5) is 0 Å². The number of hydrogen-bond donors (Lipinski definition) is 0. The Kier molecular flexibility index (Phi) is 5.17. The summed E-state index contributed by atoms with van der Waals surface area (Å²) < 4.78 is 1.94. The van der Waals surface area contributed by atoms with Crippen molar-refractivity contribution < 1.29 is 0 Å². The average molecular weight is 234 g/mol. The lowest BCUT2D eigenvalue weighted by Gasteiger charge is -2.21. The van der Waals surface area contributed by atoms with E-state index in [1.807, 2.05) is 18.7 Å². The van der Waals surface area contributed by atoms with Crippen molar-refractivity contribution in [2.24, 2.45) is 13.0 Å². The van der Waals surface area contributed by atoms with Crippen LogP contribution in [0, 0.1) is 17.2 Å². The maximum absolute atomic E-state index is 8.85. The smallest absolute Gasteiger partial charge is 0.0666 e. The van der Waals surface area contributed by atoms with Gasteiger partial charge < -0.3 is 0 Å². The molecule has 0 aromatic carbocycles. The quantitative estimate of drug-likeness (QED) is 0.756. The highest BCUT2D eigenvalue weighted by Gasteiger charge is 2.11. The van der Waals surface area contributed by atoms with E-state index in [1.54, 1.807) is 0 Å². The summed E-state index contributed by atoms with van der Waals surface area (Å²) in [5.74, 6) is 0.0776. The summed E-state index contributed by atoms with van der Waals surface area (Å²) >= 11 is 0. The summed E-state index contributed by atoms with van der Waals surface area (Å²) in [5.41, 5.74) is 2.35. The minimum absolute atomic E-state index is 0.0776. The van der Waals surface area contributed by atoms with E-state index in [9.17, 15) is 0 Å². The molecule has 1 aromatic heterocycles. The fourth-order valence-corrected chi connectivity index (χ4v) is 1.85. The van der Waals surface area contributed by atoms with Crippen molar-refractivity contribution in [2.45, 2.75) is 33.7 Å². The van der Waals surface area contributed by atoms with Crippen LogP contribution in [-0.4, -0.2) is 27.8 Å². The van der Waals surface area contributed by atoms with Crippen LogP contribution in [0.25, 0.3) is 0 Å². The number of hydrogen-bond acceptors (Lipinski definition) is 3. The van der Waals surface area contributed by atoms with Crippen molar-refractivity contribution in [1.29, 1.82) is 5.26 Å². The second kappa shape index (κ2) is 6.41. The van der Waals surface area contributed by atoms with E-state index >= 15 is 0 Å². The van der Waals surface area contributed by atoms with Gasteiger partial charge in [0.05, 0.1) is 23.4 Å². The molecular formula is C13H22N4. The third-order valence-corrected chi connectivity index (χ3v) is 2.97. The van der Waals surface area contributed by atoms with Gasteiger partial charge in [-0.2, -0.15) is 10.4 Å². The Hall–Kier alpha value is -1.34. The maximum atomic E-state index is 8.85. The first-order valence-electron chi connectivity index (χ1n) is 6.24. The molecule has 0 aliphatic rings. The van der Waals surface area contributed by atoms with Crippen LogP contribution in [0.15, 0.2) is 6.07 Å². The molecule has 0 amide bonds. The summed E-state index contributed by atoms with van der Waals surface area (Å²) in [7, 11) is 1.98. The Labute approximate surface area is 104 Å². The van der Waals surface area contributed by atoms with Crippen molar-refractivity contribution in [1.82, 2.24) is 14.7 Å². The molecule has 1 rings (SSSR count). The Morgan fingerprint density at radius 2 is 2.24 bits per heavy atom. The summed E-state index contributed by atoms with van der Waals surface area (Å²) in [6, 6.07) is 4.43. The molecule has 0 fully saturated rings. The lowest BCUT2D eigenvalue weighted by molar-refractivity contribution is 0.254. The van der Waals surface area contributed by atoms with Crippen LogP contribution in [0.1, 0.15) is 32.2 Å². The van der Waals surface area contributed by atoms with Gasteiger partial charge in [-0.05, 0) is 26.0 Å². The SMILES string of the molecule is CCc1cc(CN(CC)CC(C)C#N)n(C)n1. The maximum Gasteiger partial charge on any atom is 0.0666 e. The lowest BCUT2D eigenvalue weighted by atomic mass is 10.2. The first kappa shape index (κ1) is 13.7. The molecule has 17 heavy (non-hydrogen) atoms. The minimum atomic E-state index is 0.0776. The number of nitriles is 1. The molecule has 0 saturated carbocycles. The van der Waals surface area contributed by atoms with Crippen LogP contribution in [0.3, 0.4) is 0 Å². The highest BCUT2D eigenvalue weighted by atomic mass is 15.3.